The third kappa shape index (κ3) is 5.72. The van der Waals surface area contributed by atoms with E-state index in [0.29, 0.717) is 5.92 Å². The lowest BCUT2D eigenvalue weighted by molar-refractivity contribution is -0.0564. The molecule has 1 aliphatic rings. The van der Waals surface area contributed by atoms with Crippen molar-refractivity contribution in [2.24, 2.45) is 11.8 Å². The first-order valence-corrected chi connectivity index (χ1v) is 7.20. The molecule has 100 valence electrons. The zero-order valence-electron chi connectivity index (χ0n) is 12.5. The predicted octanol–water partition coefficient (Wildman–Crippen LogP) is 4.96. The first-order chi connectivity index (χ1) is 7.84. The quantitative estimate of drug-likeness (QED) is 0.569. The van der Waals surface area contributed by atoms with Crippen molar-refractivity contribution >= 4 is 0 Å². The Kier molecular flexibility index (Phi) is 5.24. The summed E-state index contributed by atoms with van der Waals surface area (Å²) in [6, 6.07) is 0. The zero-order valence-corrected chi connectivity index (χ0v) is 12.5. The predicted molar refractivity (Wildman–Crippen MR) is 75.2 cm³/mol. The summed E-state index contributed by atoms with van der Waals surface area (Å²) in [5.74, 6) is 1.59. The van der Waals surface area contributed by atoms with Gasteiger partial charge in [-0.15, -0.1) is 0 Å². The molecule has 0 spiro atoms. The van der Waals surface area contributed by atoms with Gasteiger partial charge in [-0.25, -0.2) is 0 Å². The highest BCUT2D eigenvalue weighted by atomic mass is 16.5. The Morgan fingerprint density at radius 2 is 1.94 bits per heavy atom. The van der Waals surface area contributed by atoms with E-state index in [0.717, 1.165) is 5.92 Å². The van der Waals surface area contributed by atoms with Gasteiger partial charge in [0.2, 0.25) is 0 Å². The van der Waals surface area contributed by atoms with Crippen LogP contribution >= 0.6 is 0 Å². The number of allylic oxidation sites excluding steroid dienone is 1. The molecule has 1 saturated carbocycles. The topological polar surface area (TPSA) is 9.23 Å². The molecule has 0 heterocycles. The fourth-order valence-corrected chi connectivity index (χ4v) is 2.34. The van der Waals surface area contributed by atoms with E-state index in [1.807, 2.05) is 0 Å². The molecule has 2 atom stereocenters. The van der Waals surface area contributed by atoms with Gasteiger partial charge in [0.15, 0.2) is 0 Å². The Labute approximate surface area is 108 Å². The van der Waals surface area contributed by atoms with Crippen LogP contribution in [0.2, 0.25) is 0 Å². The molecule has 1 heteroatoms. The van der Waals surface area contributed by atoms with Gasteiger partial charge in [-0.3, -0.25) is 0 Å². The summed E-state index contributed by atoms with van der Waals surface area (Å²) in [6.45, 7) is 13.4. The molecule has 0 aromatic rings. The second-order valence-corrected chi connectivity index (χ2v) is 6.46. The molecule has 1 fully saturated rings. The van der Waals surface area contributed by atoms with Gasteiger partial charge in [0.05, 0.1) is 11.7 Å². The van der Waals surface area contributed by atoms with Gasteiger partial charge >= 0.3 is 0 Å². The normalized spacial score (nSPS) is 21.4. The molecule has 0 N–H and O–H groups in total. The van der Waals surface area contributed by atoms with Crippen molar-refractivity contribution in [1.29, 1.82) is 0 Å². The lowest BCUT2D eigenvalue weighted by atomic mass is 9.99. The minimum absolute atomic E-state index is 0.0329. The number of ether oxygens (including phenoxy) is 1. The van der Waals surface area contributed by atoms with Crippen LogP contribution in [0.3, 0.4) is 0 Å². The highest BCUT2D eigenvalue weighted by Crippen LogP contribution is 2.38. The number of rotatable bonds is 7. The summed E-state index contributed by atoms with van der Waals surface area (Å²) in [5.41, 5.74) is 1.41. The van der Waals surface area contributed by atoms with Crippen molar-refractivity contribution < 1.29 is 4.74 Å². The van der Waals surface area contributed by atoms with E-state index in [-0.39, 0.29) is 11.7 Å². The fraction of sp³-hybridized carbons (Fsp3) is 0.875. The van der Waals surface area contributed by atoms with E-state index in [2.05, 4.69) is 47.6 Å². The minimum atomic E-state index is 0.0329. The van der Waals surface area contributed by atoms with E-state index >= 15 is 0 Å². The molecule has 17 heavy (non-hydrogen) atoms. The Balaban J connectivity index is 2.45. The van der Waals surface area contributed by atoms with Crippen LogP contribution in [0.5, 0.6) is 0 Å². The summed E-state index contributed by atoms with van der Waals surface area (Å²) in [6.07, 6.45) is 7.84. The van der Waals surface area contributed by atoms with E-state index in [1.165, 1.54) is 31.3 Å². The van der Waals surface area contributed by atoms with Gasteiger partial charge in [0.1, 0.15) is 0 Å². The molecule has 1 aliphatic carbocycles. The maximum atomic E-state index is 6.23. The average Bonchev–Trinajstić information content (AvgIpc) is 2.99. The zero-order chi connectivity index (χ0) is 13.1. The van der Waals surface area contributed by atoms with Crippen molar-refractivity contribution in [2.45, 2.75) is 78.9 Å². The summed E-state index contributed by atoms with van der Waals surface area (Å²) >= 11 is 0. The van der Waals surface area contributed by atoms with E-state index in [1.54, 1.807) is 0 Å². The molecule has 0 aromatic heterocycles. The highest BCUT2D eigenvalue weighted by molar-refractivity contribution is 5.06. The first kappa shape index (κ1) is 14.8. The van der Waals surface area contributed by atoms with Crippen LogP contribution in [-0.4, -0.2) is 11.7 Å². The van der Waals surface area contributed by atoms with E-state index < -0.39 is 0 Å². The summed E-state index contributed by atoms with van der Waals surface area (Å²) in [7, 11) is 0. The van der Waals surface area contributed by atoms with Crippen molar-refractivity contribution in [2.75, 3.05) is 0 Å². The average molecular weight is 238 g/mol. The second-order valence-electron chi connectivity index (χ2n) is 6.46. The van der Waals surface area contributed by atoms with Gasteiger partial charge in [-0.05, 0) is 51.5 Å². The highest BCUT2D eigenvalue weighted by Gasteiger charge is 2.31. The monoisotopic (exact) mass is 238 g/mol. The van der Waals surface area contributed by atoms with Gasteiger partial charge in [-0.1, -0.05) is 39.2 Å². The van der Waals surface area contributed by atoms with Crippen LogP contribution < -0.4 is 0 Å². The van der Waals surface area contributed by atoms with Crippen LogP contribution in [0, 0.1) is 11.8 Å². The van der Waals surface area contributed by atoms with Crippen molar-refractivity contribution in [3.63, 3.8) is 0 Å². The number of hydrogen-bond donors (Lipinski definition) is 0. The largest absolute Gasteiger partial charge is 0.368 e. The second kappa shape index (κ2) is 6.04. The maximum absolute atomic E-state index is 6.23. The van der Waals surface area contributed by atoms with Gasteiger partial charge in [0, 0.05) is 0 Å². The molecule has 0 aliphatic heterocycles. The smallest absolute Gasteiger partial charge is 0.0761 e. The standard InChI is InChI=1S/C16H30O/c1-7-12(2)10-13(3)14(4)17-16(5,6)11-15-8-9-15/h10,12,14-15H,7-9,11H2,1-6H3/b13-10+. The lowest BCUT2D eigenvalue weighted by Gasteiger charge is -2.30. The Hall–Kier alpha value is -0.300. The van der Waals surface area contributed by atoms with Crippen LogP contribution in [-0.2, 0) is 4.74 Å². The molecule has 0 saturated heterocycles. The third-order valence-corrected chi connectivity index (χ3v) is 3.81. The molecular weight excluding hydrogens is 208 g/mol. The van der Waals surface area contributed by atoms with Gasteiger partial charge in [-0.2, -0.15) is 0 Å². The van der Waals surface area contributed by atoms with E-state index in [4.69, 9.17) is 4.74 Å². The Bertz CT molecular complexity index is 261. The molecule has 2 unspecified atom stereocenters. The Morgan fingerprint density at radius 3 is 2.41 bits per heavy atom. The third-order valence-electron chi connectivity index (χ3n) is 3.81. The number of hydrogen-bond acceptors (Lipinski definition) is 1. The molecular formula is C16H30O. The van der Waals surface area contributed by atoms with Crippen molar-refractivity contribution in [1.82, 2.24) is 0 Å². The molecule has 1 rings (SSSR count). The summed E-state index contributed by atoms with van der Waals surface area (Å²) in [5, 5.41) is 0. The summed E-state index contributed by atoms with van der Waals surface area (Å²) in [4.78, 5) is 0. The lowest BCUT2D eigenvalue weighted by Crippen LogP contribution is -2.30. The summed E-state index contributed by atoms with van der Waals surface area (Å²) < 4.78 is 6.23. The van der Waals surface area contributed by atoms with Crippen LogP contribution in [0.15, 0.2) is 11.6 Å². The molecule has 0 amide bonds. The van der Waals surface area contributed by atoms with Crippen molar-refractivity contribution in [3.8, 4) is 0 Å². The molecule has 1 nitrogen and oxygen atoms in total. The minimum Gasteiger partial charge on any atom is -0.368 e. The maximum Gasteiger partial charge on any atom is 0.0761 e. The van der Waals surface area contributed by atoms with Crippen LogP contribution in [0.25, 0.3) is 0 Å². The Morgan fingerprint density at radius 1 is 1.35 bits per heavy atom. The van der Waals surface area contributed by atoms with Gasteiger partial charge < -0.3 is 4.74 Å². The van der Waals surface area contributed by atoms with Crippen LogP contribution in [0.4, 0.5) is 0 Å². The molecule has 0 aromatic carbocycles. The molecule has 0 radical (unpaired) electrons. The van der Waals surface area contributed by atoms with Crippen LogP contribution in [0.1, 0.15) is 67.2 Å². The first-order valence-electron chi connectivity index (χ1n) is 7.20. The van der Waals surface area contributed by atoms with Gasteiger partial charge in [0.25, 0.3) is 0 Å². The van der Waals surface area contributed by atoms with Crippen molar-refractivity contribution in [3.05, 3.63) is 11.6 Å². The SMILES string of the molecule is CCC(C)/C=C(\C)C(C)OC(C)(C)CC1CC1. The molecule has 0 bridgehead atoms. The van der Waals surface area contributed by atoms with E-state index in [9.17, 15) is 0 Å². The fourth-order valence-electron chi connectivity index (χ4n) is 2.34.